The molecule has 8 nitrogen and oxygen atoms in total. The molecule has 2 heterocycles. The minimum Gasteiger partial charge on any atom is -0.384 e. The SMILES string of the molecule is N#CC1=C(N)N(c2nnc(SCC(=O)Nc3ccc(F)cc3F)s2)C2=C(C(=O)CCC2)C1c1ccccc1Cl. The molecule has 3 N–H and O–H groups in total. The molecule has 3 aromatic rings. The van der Waals surface area contributed by atoms with Gasteiger partial charge in [0.25, 0.3) is 0 Å². The molecule has 198 valence electrons. The molecule has 2 aromatic carbocycles. The van der Waals surface area contributed by atoms with Crippen LogP contribution in [0.15, 0.2) is 69.5 Å². The lowest BCUT2D eigenvalue weighted by atomic mass is 9.76. The van der Waals surface area contributed by atoms with E-state index in [4.69, 9.17) is 17.3 Å². The van der Waals surface area contributed by atoms with Crippen molar-refractivity contribution in [3.63, 3.8) is 0 Å². The van der Waals surface area contributed by atoms with Crippen LogP contribution in [-0.4, -0.2) is 27.6 Å². The number of ketones is 1. The first-order valence-corrected chi connectivity index (χ1v) is 13.9. The van der Waals surface area contributed by atoms with Crippen LogP contribution in [-0.2, 0) is 9.59 Å². The summed E-state index contributed by atoms with van der Waals surface area (Å²) < 4.78 is 27.4. The number of hydrogen-bond acceptors (Lipinski definition) is 9. The number of carbonyl (C=O) groups excluding carboxylic acids is 2. The van der Waals surface area contributed by atoms with Crippen molar-refractivity contribution < 1.29 is 18.4 Å². The number of benzene rings is 2. The van der Waals surface area contributed by atoms with Gasteiger partial charge in [-0.15, -0.1) is 10.2 Å². The minimum atomic E-state index is -0.881. The number of allylic oxidation sites excluding steroid dienone is 3. The number of thioether (sulfide) groups is 1. The third kappa shape index (κ3) is 5.25. The molecule has 0 radical (unpaired) electrons. The van der Waals surface area contributed by atoms with Crippen molar-refractivity contribution in [1.29, 1.82) is 5.26 Å². The van der Waals surface area contributed by atoms with E-state index >= 15 is 0 Å². The topological polar surface area (TPSA) is 125 Å². The second-order valence-corrected chi connectivity index (χ2v) is 11.2. The Labute approximate surface area is 235 Å². The van der Waals surface area contributed by atoms with Gasteiger partial charge in [0.15, 0.2) is 10.1 Å². The Hall–Kier alpha value is -3.79. The van der Waals surface area contributed by atoms with Crippen LogP contribution in [0, 0.1) is 23.0 Å². The summed E-state index contributed by atoms with van der Waals surface area (Å²) in [5.74, 6) is -2.90. The zero-order valence-electron chi connectivity index (χ0n) is 20.1. The third-order valence-electron chi connectivity index (χ3n) is 6.25. The second kappa shape index (κ2) is 11.1. The summed E-state index contributed by atoms with van der Waals surface area (Å²) in [4.78, 5) is 27.1. The Morgan fingerprint density at radius 2 is 2.05 bits per heavy atom. The second-order valence-electron chi connectivity index (χ2n) is 8.65. The maximum atomic E-state index is 13.8. The van der Waals surface area contributed by atoms with Gasteiger partial charge < -0.3 is 11.1 Å². The Bertz CT molecular complexity index is 1600. The van der Waals surface area contributed by atoms with Crippen LogP contribution in [0.25, 0.3) is 0 Å². The van der Waals surface area contributed by atoms with E-state index in [1.54, 1.807) is 29.2 Å². The molecule has 39 heavy (non-hydrogen) atoms. The quantitative estimate of drug-likeness (QED) is 0.364. The molecule has 13 heteroatoms. The number of rotatable bonds is 6. The number of nitriles is 1. The molecule has 5 rings (SSSR count). The van der Waals surface area contributed by atoms with Gasteiger partial charge in [0.2, 0.25) is 11.0 Å². The molecule has 2 aliphatic rings. The molecule has 0 fully saturated rings. The highest BCUT2D eigenvalue weighted by Crippen LogP contribution is 2.48. The van der Waals surface area contributed by atoms with Gasteiger partial charge in [0, 0.05) is 28.8 Å². The average molecular weight is 585 g/mol. The zero-order chi connectivity index (χ0) is 27.7. The zero-order valence-corrected chi connectivity index (χ0v) is 22.5. The van der Waals surface area contributed by atoms with Crippen molar-refractivity contribution >= 4 is 57.2 Å². The molecular weight excluding hydrogens is 566 g/mol. The number of Topliss-reactive ketones (excluding diaryl/α,β-unsaturated/α-hetero) is 1. The first kappa shape index (κ1) is 26.8. The maximum absolute atomic E-state index is 13.8. The molecule has 0 bridgehead atoms. The maximum Gasteiger partial charge on any atom is 0.234 e. The summed E-state index contributed by atoms with van der Waals surface area (Å²) in [6.45, 7) is 0. The van der Waals surface area contributed by atoms with Gasteiger partial charge in [-0.05, 0) is 36.6 Å². The standard InChI is InChI=1S/C26H19ClF2N6O2S2/c27-16-5-2-1-4-14(16)22-15(11-30)24(31)35(19-6-3-7-20(36)23(19)22)25-33-34-26(39-25)38-12-21(37)32-18-9-8-13(28)10-17(18)29/h1-2,4-5,8-10,22H,3,6-7,12,31H2,(H,32,37). The van der Waals surface area contributed by atoms with Crippen LogP contribution in [0.4, 0.5) is 19.6 Å². The molecule has 0 saturated heterocycles. The molecule has 1 amide bonds. The van der Waals surface area contributed by atoms with E-state index in [-0.39, 0.29) is 28.6 Å². The Kier molecular flexibility index (Phi) is 7.65. The van der Waals surface area contributed by atoms with E-state index in [1.165, 1.54) is 0 Å². The van der Waals surface area contributed by atoms with E-state index in [2.05, 4.69) is 21.6 Å². The lowest BCUT2D eigenvalue weighted by Gasteiger charge is -2.38. The molecular formula is C26H19ClF2N6O2S2. The predicted molar refractivity (Wildman–Crippen MR) is 145 cm³/mol. The van der Waals surface area contributed by atoms with Crippen LogP contribution in [0.5, 0.6) is 0 Å². The smallest absolute Gasteiger partial charge is 0.234 e. The van der Waals surface area contributed by atoms with Crippen molar-refractivity contribution in [3.05, 3.63) is 87.3 Å². The number of amides is 1. The van der Waals surface area contributed by atoms with Gasteiger partial charge in [-0.3, -0.25) is 14.5 Å². The van der Waals surface area contributed by atoms with E-state index in [0.29, 0.717) is 56.7 Å². The summed E-state index contributed by atoms with van der Waals surface area (Å²) in [6, 6.07) is 12.1. The molecule has 1 atom stereocenters. The van der Waals surface area contributed by atoms with Crippen molar-refractivity contribution in [2.45, 2.75) is 29.5 Å². The number of aromatic nitrogens is 2. The van der Waals surface area contributed by atoms with Crippen LogP contribution in [0.1, 0.15) is 30.7 Å². The van der Waals surface area contributed by atoms with Gasteiger partial charge in [0.05, 0.1) is 29.0 Å². The lowest BCUT2D eigenvalue weighted by molar-refractivity contribution is -0.116. The molecule has 0 spiro atoms. The fraction of sp³-hybridized carbons (Fsp3) is 0.192. The van der Waals surface area contributed by atoms with Gasteiger partial charge in [-0.1, -0.05) is 52.9 Å². The van der Waals surface area contributed by atoms with Gasteiger partial charge >= 0.3 is 0 Å². The summed E-state index contributed by atoms with van der Waals surface area (Å²) in [7, 11) is 0. The van der Waals surface area contributed by atoms with E-state index in [1.807, 2.05) is 0 Å². The number of nitrogens with zero attached hydrogens (tertiary/aromatic N) is 4. The van der Waals surface area contributed by atoms with Crippen LogP contribution < -0.4 is 16.0 Å². The van der Waals surface area contributed by atoms with Gasteiger partial charge in [-0.2, -0.15) is 5.26 Å². The molecule has 1 aromatic heterocycles. The lowest BCUT2D eigenvalue weighted by Crippen LogP contribution is -2.38. The summed E-state index contributed by atoms with van der Waals surface area (Å²) in [5.41, 5.74) is 8.32. The third-order valence-corrected chi connectivity index (χ3v) is 8.63. The normalized spacial score (nSPS) is 17.2. The van der Waals surface area contributed by atoms with Crippen LogP contribution in [0.2, 0.25) is 5.02 Å². The molecule has 1 unspecified atom stereocenters. The highest BCUT2D eigenvalue weighted by molar-refractivity contribution is 8.01. The largest absolute Gasteiger partial charge is 0.384 e. The highest BCUT2D eigenvalue weighted by Gasteiger charge is 2.41. The van der Waals surface area contributed by atoms with Crippen molar-refractivity contribution in [2.24, 2.45) is 5.73 Å². The Balaban J connectivity index is 1.42. The number of nitrogens with one attached hydrogen (secondary N) is 1. The molecule has 0 saturated carbocycles. The highest BCUT2D eigenvalue weighted by atomic mass is 35.5. The van der Waals surface area contributed by atoms with E-state index < -0.39 is 23.5 Å². The monoisotopic (exact) mass is 584 g/mol. The first-order chi connectivity index (χ1) is 18.8. The van der Waals surface area contributed by atoms with E-state index in [0.717, 1.165) is 35.2 Å². The number of halogens is 3. The minimum absolute atomic E-state index is 0.0877. The Morgan fingerprint density at radius 3 is 2.79 bits per heavy atom. The molecule has 1 aliphatic carbocycles. The number of hydrogen-bond donors (Lipinski definition) is 2. The van der Waals surface area contributed by atoms with Crippen molar-refractivity contribution in [3.8, 4) is 6.07 Å². The van der Waals surface area contributed by atoms with Crippen molar-refractivity contribution in [2.75, 3.05) is 16.0 Å². The van der Waals surface area contributed by atoms with Gasteiger partial charge in [0.1, 0.15) is 17.5 Å². The van der Waals surface area contributed by atoms with Crippen LogP contribution >= 0.6 is 34.7 Å². The van der Waals surface area contributed by atoms with Crippen LogP contribution in [0.3, 0.4) is 0 Å². The van der Waals surface area contributed by atoms with Gasteiger partial charge in [-0.25, -0.2) is 8.78 Å². The summed E-state index contributed by atoms with van der Waals surface area (Å²) in [6.07, 6.45) is 1.49. The predicted octanol–water partition coefficient (Wildman–Crippen LogP) is 5.51. The van der Waals surface area contributed by atoms with E-state index in [9.17, 15) is 23.6 Å². The summed E-state index contributed by atoms with van der Waals surface area (Å²) >= 11 is 8.68. The fourth-order valence-corrected chi connectivity index (χ4v) is 6.51. The number of nitrogens with two attached hydrogens (primary N) is 1. The first-order valence-electron chi connectivity index (χ1n) is 11.7. The summed E-state index contributed by atoms with van der Waals surface area (Å²) in [5, 5.41) is 21.6. The number of anilines is 2. The van der Waals surface area contributed by atoms with Crippen molar-refractivity contribution in [1.82, 2.24) is 10.2 Å². The average Bonchev–Trinajstić information content (AvgIpc) is 3.37. The Morgan fingerprint density at radius 1 is 1.26 bits per heavy atom. The molecule has 1 aliphatic heterocycles. The number of carbonyl (C=O) groups is 2. The fourth-order valence-electron chi connectivity index (χ4n) is 4.58.